The predicted molar refractivity (Wildman–Crippen MR) is 60.6 cm³/mol. The van der Waals surface area contributed by atoms with Crippen LogP contribution in [0.4, 0.5) is 0 Å². The molecule has 3 heteroatoms. The first-order chi connectivity index (χ1) is 6.74. The van der Waals surface area contributed by atoms with Crippen LogP contribution in [-0.2, 0) is 9.53 Å². The molecule has 86 valence electrons. The molecule has 0 saturated carbocycles. The molecule has 1 aliphatic heterocycles. The van der Waals surface area contributed by atoms with Crippen molar-refractivity contribution in [2.75, 3.05) is 20.7 Å². The van der Waals surface area contributed by atoms with Gasteiger partial charge in [-0.1, -0.05) is 19.9 Å². The Hall–Kier alpha value is -0.830. The Kier molecular flexibility index (Phi) is 3.24. The van der Waals surface area contributed by atoms with Gasteiger partial charge in [0.1, 0.15) is 0 Å². The van der Waals surface area contributed by atoms with E-state index in [0.29, 0.717) is 0 Å². The second-order valence-electron chi connectivity index (χ2n) is 5.47. The molecule has 1 aliphatic rings. The van der Waals surface area contributed by atoms with Crippen LogP contribution >= 0.6 is 0 Å². The van der Waals surface area contributed by atoms with E-state index in [0.717, 1.165) is 13.0 Å². The Balaban J connectivity index is 2.51. The fourth-order valence-corrected chi connectivity index (χ4v) is 1.69. The molecule has 1 unspecified atom stereocenters. The highest BCUT2D eigenvalue weighted by Crippen LogP contribution is 2.39. The third-order valence-corrected chi connectivity index (χ3v) is 2.58. The van der Waals surface area contributed by atoms with Crippen molar-refractivity contribution in [1.82, 2.24) is 4.90 Å². The maximum atomic E-state index is 11.4. The van der Waals surface area contributed by atoms with E-state index in [1.807, 2.05) is 6.08 Å². The van der Waals surface area contributed by atoms with Crippen LogP contribution in [0.5, 0.6) is 0 Å². The van der Waals surface area contributed by atoms with Crippen molar-refractivity contribution in [3.63, 3.8) is 0 Å². The minimum Gasteiger partial charge on any atom is -0.370 e. The number of likely N-dealkylation sites (N-methyl/N-ethyl adjacent to an activating group) is 1. The summed E-state index contributed by atoms with van der Waals surface area (Å²) in [6.45, 7) is 7.20. The molecule has 1 amide bonds. The lowest BCUT2D eigenvalue weighted by molar-refractivity contribution is -0.123. The zero-order chi connectivity index (χ0) is 11.7. The summed E-state index contributed by atoms with van der Waals surface area (Å²) in [5.74, 6) is 0.0324. The van der Waals surface area contributed by atoms with Crippen molar-refractivity contribution in [3.05, 3.63) is 12.2 Å². The minimum atomic E-state index is 0.0108. The van der Waals surface area contributed by atoms with Crippen LogP contribution in [0, 0.1) is 5.41 Å². The van der Waals surface area contributed by atoms with Crippen LogP contribution in [0.25, 0.3) is 0 Å². The van der Waals surface area contributed by atoms with Gasteiger partial charge in [0.05, 0.1) is 12.2 Å². The highest BCUT2D eigenvalue weighted by atomic mass is 16.6. The summed E-state index contributed by atoms with van der Waals surface area (Å²) in [7, 11) is 3.51. The normalized spacial score (nSPS) is 25.7. The average molecular weight is 211 g/mol. The molecule has 0 N–H and O–H groups in total. The molecule has 1 rings (SSSR count). The van der Waals surface area contributed by atoms with Crippen molar-refractivity contribution < 1.29 is 9.53 Å². The van der Waals surface area contributed by atoms with Gasteiger partial charge < -0.3 is 9.64 Å². The number of carbonyl (C=O) groups is 1. The average Bonchev–Trinajstić information content (AvgIpc) is 2.77. The number of nitrogens with zero attached hydrogens (tertiary/aromatic N) is 1. The summed E-state index contributed by atoms with van der Waals surface area (Å²) in [4.78, 5) is 12.9. The van der Waals surface area contributed by atoms with Gasteiger partial charge in [0.25, 0.3) is 0 Å². The monoisotopic (exact) mass is 211 g/mol. The van der Waals surface area contributed by atoms with E-state index in [2.05, 4.69) is 20.8 Å². The number of carbonyl (C=O) groups excluding carboxylic acids is 1. The number of ether oxygens (including phenoxy) is 1. The number of amides is 1. The van der Waals surface area contributed by atoms with Crippen LogP contribution in [0.1, 0.15) is 27.2 Å². The largest absolute Gasteiger partial charge is 0.370 e. The Bertz CT molecular complexity index is 275. The molecule has 1 saturated heterocycles. The maximum Gasteiger partial charge on any atom is 0.245 e. The first-order valence-corrected chi connectivity index (χ1v) is 5.29. The topological polar surface area (TPSA) is 32.8 Å². The second kappa shape index (κ2) is 3.97. The lowest BCUT2D eigenvalue weighted by Crippen LogP contribution is -2.22. The van der Waals surface area contributed by atoms with Crippen LogP contribution in [0.3, 0.4) is 0 Å². The zero-order valence-electron chi connectivity index (χ0n) is 10.3. The zero-order valence-corrected chi connectivity index (χ0v) is 10.3. The highest BCUT2D eigenvalue weighted by Gasteiger charge is 2.42. The fourth-order valence-electron chi connectivity index (χ4n) is 1.69. The number of hydrogen-bond donors (Lipinski definition) is 0. The first kappa shape index (κ1) is 12.2. The molecule has 0 spiro atoms. The molecule has 1 atom stereocenters. The molecule has 0 bridgehead atoms. The van der Waals surface area contributed by atoms with Crippen LogP contribution < -0.4 is 0 Å². The molecule has 0 aromatic heterocycles. The summed E-state index contributed by atoms with van der Waals surface area (Å²) in [6.07, 6.45) is 4.57. The van der Waals surface area contributed by atoms with Gasteiger partial charge in [-0.2, -0.15) is 0 Å². The number of hydrogen-bond acceptors (Lipinski definition) is 2. The van der Waals surface area contributed by atoms with E-state index in [4.69, 9.17) is 4.74 Å². The minimum absolute atomic E-state index is 0.0108. The van der Waals surface area contributed by atoms with E-state index in [1.165, 1.54) is 0 Å². The molecule has 0 aliphatic carbocycles. The van der Waals surface area contributed by atoms with Gasteiger partial charge in [-0.3, -0.25) is 4.79 Å². The third-order valence-electron chi connectivity index (χ3n) is 2.58. The van der Waals surface area contributed by atoms with E-state index in [-0.39, 0.29) is 16.9 Å². The van der Waals surface area contributed by atoms with Crippen molar-refractivity contribution in [2.24, 2.45) is 5.41 Å². The van der Waals surface area contributed by atoms with E-state index >= 15 is 0 Å². The van der Waals surface area contributed by atoms with Crippen LogP contribution in [0.2, 0.25) is 0 Å². The molecular formula is C12H21NO2. The predicted octanol–water partition coefficient (Wildman–Crippen LogP) is 1.84. The van der Waals surface area contributed by atoms with Gasteiger partial charge in [-0.05, 0) is 24.8 Å². The van der Waals surface area contributed by atoms with Crippen molar-refractivity contribution in [1.29, 1.82) is 0 Å². The first-order valence-electron chi connectivity index (χ1n) is 5.29. The summed E-state index contributed by atoms with van der Waals surface area (Å²) in [6, 6.07) is 0. The van der Waals surface area contributed by atoms with E-state index < -0.39 is 0 Å². The van der Waals surface area contributed by atoms with Gasteiger partial charge in [-0.15, -0.1) is 0 Å². The molecule has 1 heterocycles. The highest BCUT2D eigenvalue weighted by molar-refractivity contribution is 5.87. The molecule has 3 nitrogen and oxygen atoms in total. The van der Waals surface area contributed by atoms with Crippen LogP contribution in [0.15, 0.2) is 12.2 Å². The molecular weight excluding hydrogens is 190 g/mol. The van der Waals surface area contributed by atoms with Gasteiger partial charge in [0.2, 0.25) is 5.91 Å². The van der Waals surface area contributed by atoms with Crippen LogP contribution in [-0.4, -0.2) is 37.1 Å². The lowest BCUT2D eigenvalue weighted by Gasteiger charge is -2.22. The summed E-state index contributed by atoms with van der Waals surface area (Å²) >= 11 is 0. The Morgan fingerprint density at radius 3 is 2.47 bits per heavy atom. The second-order valence-corrected chi connectivity index (χ2v) is 5.47. The SMILES string of the molecule is CN(C)C(=O)/C=C/C(C)(C)CC1(C)CO1. The summed E-state index contributed by atoms with van der Waals surface area (Å²) < 4.78 is 5.36. The lowest BCUT2D eigenvalue weighted by atomic mass is 9.83. The molecule has 15 heavy (non-hydrogen) atoms. The third kappa shape index (κ3) is 4.04. The van der Waals surface area contributed by atoms with Gasteiger partial charge in [0, 0.05) is 14.1 Å². The van der Waals surface area contributed by atoms with E-state index in [9.17, 15) is 4.79 Å². The van der Waals surface area contributed by atoms with Gasteiger partial charge in [0.15, 0.2) is 0 Å². The Morgan fingerprint density at radius 2 is 2.07 bits per heavy atom. The summed E-state index contributed by atoms with van der Waals surface area (Å²) in [5, 5.41) is 0. The standard InChI is InChI=1S/C12H21NO2/c1-11(2,8-12(3)9-15-12)7-6-10(14)13(4)5/h6-7H,8-9H2,1-5H3/b7-6+. The maximum absolute atomic E-state index is 11.4. The Labute approximate surface area is 92.1 Å². The van der Waals surface area contributed by atoms with Gasteiger partial charge in [-0.25, -0.2) is 0 Å². The molecule has 0 aromatic carbocycles. The smallest absolute Gasteiger partial charge is 0.245 e. The number of epoxide rings is 1. The summed E-state index contributed by atoms with van der Waals surface area (Å²) in [5.41, 5.74) is 0.0475. The quantitative estimate of drug-likeness (QED) is 0.525. The van der Waals surface area contributed by atoms with Crippen molar-refractivity contribution >= 4 is 5.91 Å². The number of allylic oxidation sites excluding steroid dienone is 1. The number of rotatable bonds is 4. The molecule has 0 radical (unpaired) electrons. The van der Waals surface area contributed by atoms with Crippen molar-refractivity contribution in [3.8, 4) is 0 Å². The fraction of sp³-hybridized carbons (Fsp3) is 0.750. The molecule has 0 aromatic rings. The van der Waals surface area contributed by atoms with Gasteiger partial charge >= 0.3 is 0 Å². The Morgan fingerprint density at radius 1 is 1.53 bits per heavy atom. The molecule has 1 fully saturated rings. The van der Waals surface area contributed by atoms with Crippen molar-refractivity contribution in [2.45, 2.75) is 32.8 Å². The van der Waals surface area contributed by atoms with E-state index in [1.54, 1.807) is 25.1 Å².